The minimum atomic E-state index is 0.787. The van der Waals surface area contributed by atoms with E-state index in [1.807, 2.05) is 38.1 Å². The largest absolute Gasteiger partial charge is 0.461 e. The van der Waals surface area contributed by atoms with Crippen molar-refractivity contribution in [1.82, 2.24) is 0 Å². The van der Waals surface area contributed by atoms with Crippen LogP contribution in [0.1, 0.15) is 61.0 Å². The molecule has 0 spiro atoms. The van der Waals surface area contributed by atoms with Crippen LogP contribution in [0.2, 0.25) is 0 Å². The van der Waals surface area contributed by atoms with Crippen molar-refractivity contribution < 1.29 is 18.3 Å². The van der Waals surface area contributed by atoms with Crippen LogP contribution < -0.4 is 9.47 Å². The Morgan fingerprint density at radius 2 is 1.46 bits per heavy atom. The standard InChI is InChI=1S/C48H36O4.C2H6/c1-3-43-42(28-38-26-35-8-4-6-10-45(35)50-38)41-27-34(18-22-47(41)51-43)33-15-13-31-12-14-32(24-36(31)25-33)30-16-19-37(20-17-30)49-44-23-21-40-39-9-5-7-11-46(39)52-48(40)29(44)2;1-2/h4-6,8-10,12-25,27-28H,3,7,11,26H2,1-2H3;1-2H3/b38-28+;. The Hall–Kier alpha value is -6.26. The fourth-order valence-corrected chi connectivity index (χ4v) is 7.81. The maximum atomic E-state index is 6.38. The molecule has 4 heteroatoms. The van der Waals surface area contributed by atoms with Gasteiger partial charge in [0.1, 0.15) is 45.7 Å². The van der Waals surface area contributed by atoms with Crippen molar-refractivity contribution in [3.8, 4) is 39.5 Å². The number of benzene rings is 6. The maximum Gasteiger partial charge on any atom is 0.141 e. The van der Waals surface area contributed by atoms with E-state index in [4.69, 9.17) is 18.3 Å². The van der Waals surface area contributed by atoms with Crippen molar-refractivity contribution in [2.45, 2.75) is 53.4 Å². The highest BCUT2D eigenvalue weighted by Crippen LogP contribution is 2.39. The van der Waals surface area contributed by atoms with Gasteiger partial charge in [-0.25, -0.2) is 0 Å². The Balaban J connectivity index is 0.00000189. The van der Waals surface area contributed by atoms with Gasteiger partial charge in [-0.15, -0.1) is 0 Å². The zero-order valence-corrected chi connectivity index (χ0v) is 31.2. The molecule has 0 amide bonds. The summed E-state index contributed by atoms with van der Waals surface area (Å²) in [5.41, 5.74) is 11.0. The predicted octanol–water partition coefficient (Wildman–Crippen LogP) is 14.3. The number of aryl methyl sites for hydroxylation is 3. The van der Waals surface area contributed by atoms with Crippen LogP contribution in [0.25, 0.3) is 67.1 Å². The molecule has 0 saturated carbocycles. The molecule has 2 aromatic heterocycles. The number of allylic oxidation sites excluding steroid dienone is 2. The smallest absolute Gasteiger partial charge is 0.141 e. The van der Waals surface area contributed by atoms with Gasteiger partial charge < -0.3 is 18.3 Å². The van der Waals surface area contributed by atoms with Gasteiger partial charge in [-0.1, -0.05) is 93.6 Å². The first kappa shape index (κ1) is 33.6. The van der Waals surface area contributed by atoms with Gasteiger partial charge in [0.15, 0.2) is 0 Å². The molecule has 0 fully saturated rings. The van der Waals surface area contributed by atoms with Gasteiger partial charge in [0.2, 0.25) is 0 Å². The maximum absolute atomic E-state index is 6.38. The fraction of sp³-hybridized carbons (Fsp3) is 0.160. The van der Waals surface area contributed by atoms with E-state index in [0.29, 0.717) is 0 Å². The molecule has 1 aliphatic carbocycles. The summed E-state index contributed by atoms with van der Waals surface area (Å²) < 4.78 is 25.2. The number of furan rings is 2. The number of hydrogen-bond acceptors (Lipinski definition) is 4. The predicted molar refractivity (Wildman–Crippen MR) is 222 cm³/mol. The molecule has 0 unspecified atom stereocenters. The second-order valence-electron chi connectivity index (χ2n) is 13.8. The molecule has 266 valence electrons. The summed E-state index contributed by atoms with van der Waals surface area (Å²) in [6.45, 7) is 8.21. The van der Waals surface area contributed by atoms with Gasteiger partial charge >= 0.3 is 0 Å². The molecule has 2 aliphatic rings. The lowest BCUT2D eigenvalue weighted by molar-refractivity contribution is 0.451. The molecule has 0 atom stereocenters. The Kier molecular flexibility index (Phi) is 8.67. The summed E-state index contributed by atoms with van der Waals surface area (Å²) in [6.07, 6.45) is 10.1. The fourth-order valence-electron chi connectivity index (χ4n) is 7.81. The van der Waals surface area contributed by atoms with Crippen molar-refractivity contribution >= 4 is 44.9 Å². The van der Waals surface area contributed by atoms with Crippen LogP contribution in [0.3, 0.4) is 0 Å². The Bertz CT molecular complexity index is 2730. The van der Waals surface area contributed by atoms with E-state index in [1.54, 1.807) is 0 Å². The van der Waals surface area contributed by atoms with Crippen molar-refractivity contribution in [2.75, 3.05) is 0 Å². The van der Waals surface area contributed by atoms with Gasteiger partial charge in [0.25, 0.3) is 0 Å². The highest BCUT2D eigenvalue weighted by molar-refractivity contribution is 5.96. The Morgan fingerprint density at radius 3 is 2.26 bits per heavy atom. The van der Waals surface area contributed by atoms with Crippen LogP contribution in [0.15, 0.2) is 136 Å². The van der Waals surface area contributed by atoms with E-state index in [-0.39, 0.29) is 0 Å². The third kappa shape index (κ3) is 5.98. The zero-order valence-electron chi connectivity index (χ0n) is 31.2. The minimum absolute atomic E-state index is 0.787. The second-order valence-corrected chi connectivity index (χ2v) is 13.8. The summed E-state index contributed by atoms with van der Waals surface area (Å²) in [5, 5.41) is 4.65. The first-order chi connectivity index (χ1) is 26.6. The molecule has 0 N–H and O–H groups in total. The number of fused-ring (bicyclic) bond motifs is 6. The van der Waals surface area contributed by atoms with E-state index in [2.05, 4.69) is 123 Å². The Labute approximate surface area is 316 Å². The SMILES string of the molecule is CC.CCc1oc2ccc(-c3ccc4ccc(-c5ccc(Oc6ccc7c8c(oc7c6C)CCC=C8)cc5)cc4c3)cc2c1/C=C1\Cc2ccccc2O1. The first-order valence-corrected chi connectivity index (χ1v) is 19.1. The summed E-state index contributed by atoms with van der Waals surface area (Å²) >= 11 is 0. The third-order valence-corrected chi connectivity index (χ3v) is 10.6. The molecule has 0 radical (unpaired) electrons. The lowest BCUT2D eigenvalue weighted by atomic mass is 9.96. The van der Waals surface area contributed by atoms with Crippen molar-refractivity contribution in [1.29, 1.82) is 0 Å². The van der Waals surface area contributed by atoms with E-state index >= 15 is 0 Å². The molecular formula is C50H42O4. The van der Waals surface area contributed by atoms with Crippen LogP contribution in [0, 0.1) is 6.92 Å². The van der Waals surface area contributed by atoms with Gasteiger partial charge in [0.05, 0.1) is 0 Å². The van der Waals surface area contributed by atoms with Crippen molar-refractivity contribution in [3.05, 3.63) is 161 Å². The quantitative estimate of drug-likeness (QED) is 0.173. The van der Waals surface area contributed by atoms with Gasteiger partial charge in [0, 0.05) is 52.3 Å². The summed E-state index contributed by atoms with van der Waals surface area (Å²) in [5.74, 6) is 5.54. The van der Waals surface area contributed by atoms with Crippen LogP contribution in [-0.2, 0) is 19.3 Å². The Morgan fingerprint density at radius 1 is 0.722 bits per heavy atom. The minimum Gasteiger partial charge on any atom is -0.461 e. The average Bonchev–Trinajstić information content (AvgIpc) is 3.92. The molecular weight excluding hydrogens is 665 g/mol. The van der Waals surface area contributed by atoms with Crippen LogP contribution in [0.4, 0.5) is 0 Å². The van der Waals surface area contributed by atoms with E-state index in [1.165, 1.54) is 27.5 Å². The summed E-state index contributed by atoms with van der Waals surface area (Å²) in [6, 6.07) is 40.6. The van der Waals surface area contributed by atoms with Crippen LogP contribution in [-0.4, -0.2) is 0 Å². The normalized spacial score (nSPS) is 13.9. The third-order valence-electron chi connectivity index (χ3n) is 10.6. The van der Waals surface area contributed by atoms with Crippen LogP contribution >= 0.6 is 0 Å². The van der Waals surface area contributed by atoms with Gasteiger partial charge in [-0.2, -0.15) is 0 Å². The van der Waals surface area contributed by atoms with E-state index in [9.17, 15) is 0 Å². The first-order valence-electron chi connectivity index (χ1n) is 19.1. The number of ether oxygens (including phenoxy) is 2. The lowest BCUT2D eigenvalue weighted by Crippen LogP contribution is -1.89. The van der Waals surface area contributed by atoms with E-state index in [0.717, 1.165) is 110 Å². The molecule has 0 bridgehead atoms. The van der Waals surface area contributed by atoms with E-state index < -0.39 is 0 Å². The second kappa shape index (κ2) is 13.9. The zero-order chi connectivity index (χ0) is 36.8. The van der Waals surface area contributed by atoms with Crippen molar-refractivity contribution in [3.63, 3.8) is 0 Å². The molecule has 6 aromatic carbocycles. The molecule has 8 aromatic rings. The number of hydrogen-bond donors (Lipinski definition) is 0. The highest BCUT2D eigenvalue weighted by atomic mass is 16.5. The molecule has 1 aliphatic heterocycles. The highest BCUT2D eigenvalue weighted by Gasteiger charge is 2.21. The summed E-state index contributed by atoms with van der Waals surface area (Å²) in [7, 11) is 0. The molecule has 10 rings (SSSR count). The van der Waals surface area contributed by atoms with Crippen molar-refractivity contribution in [2.24, 2.45) is 0 Å². The average molecular weight is 707 g/mol. The summed E-state index contributed by atoms with van der Waals surface area (Å²) in [4.78, 5) is 0. The lowest BCUT2D eigenvalue weighted by Gasteiger charge is -2.11. The molecule has 4 nitrogen and oxygen atoms in total. The molecule has 3 heterocycles. The number of para-hydroxylation sites is 1. The monoisotopic (exact) mass is 706 g/mol. The topological polar surface area (TPSA) is 44.7 Å². The molecule has 54 heavy (non-hydrogen) atoms. The van der Waals surface area contributed by atoms with Gasteiger partial charge in [-0.3, -0.25) is 0 Å². The van der Waals surface area contributed by atoms with Crippen LogP contribution in [0.5, 0.6) is 17.2 Å². The number of rotatable bonds is 6. The molecule has 0 saturated heterocycles. The van der Waals surface area contributed by atoms with Gasteiger partial charge in [-0.05, 0) is 107 Å².